The van der Waals surface area contributed by atoms with Crippen LogP contribution >= 0.6 is 0 Å². The number of hydrogen-bond acceptors (Lipinski definition) is 4. The summed E-state index contributed by atoms with van der Waals surface area (Å²) in [5.74, 6) is 0. The van der Waals surface area contributed by atoms with Crippen molar-refractivity contribution in [2.45, 2.75) is 71.4 Å². The van der Waals surface area contributed by atoms with Gasteiger partial charge >= 0.3 is 0 Å². The summed E-state index contributed by atoms with van der Waals surface area (Å²) in [6, 6.07) is 1.70. The first-order valence-corrected chi connectivity index (χ1v) is 8.22. The molecule has 4 atom stereocenters. The average Bonchev–Trinajstić information content (AvgIpc) is 2.40. The SMILES string of the molecule is CC1CN(C(C)CC2OCCN(C(C)C)C2C)CCO1. The van der Waals surface area contributed by atoms with Crippen LogP contribution in [0.1, 0.15) is 41.0 Å². The van der Waals surface area contributed by atoms with Gasteiger partial charge in [-0.15, -0.1) is 0 Å². The highest BCUT2D eigenvalue weighted by molar-refractivity contribution is 4.86. The van der Waals surface area contributed by atoms with Crippen LogP contribution in [-0.4, -0.2) is 73.0 Å². The van der Waals surface area contributed by atoms with Crippen LogP contribution in [0.2, 0.25) is 0 Å². The molecule has 4 nitrogen and oxygen atoms in total. The smallest absolute Gasteiger partial charge is 0.0743 e. The highest BCUT2D eigenvalue weighted by Crippen LogP contribution is 2.22. The zero-order valence-corrected chi connectivity index (χ0v) is 13.8. The Labute approximate surface area is 124 Å². The number of hydrogen-bond donors (Lipinski definition) is 0. The van der Waals surface area contributed by atoms with Crippen molar-refractivity contribution in [3.05, 3.63) is 0 Å². The molecule has 0 saturated carbocycles. The predicted octanol–water partition coefficient (Wildman–Crippen LogP) is 1.98. The Morgan fingerprint density at radius 3 is 2.40 bits per heavy atom. The molecular weight excluding hydrogens is 252 g/mol. The monoisotopic (exact) mass is 284 g/mol. The lowest BCUT2D eigenvalue weighted by Gasteiger charge is -2.44. The largest absolute Gasteiger partial charge is 0.376 e. The number of rotatable bonds is 4. The molecule has 2 heterocycles. The third-order valence-corrected chi connectivity index (χ3v) is 4.88. The van der Waals surface area contributed by atoms with Crippen molar-refractivity contribution in [2.75, 3.05) is 32.8 Å². The standard InChI is InChI=1S/C16H32N2O2/c1-12(2)18-7-9-20-16(15(18)5)10-13(3)17-6-8-19-14(4)11-17/h12-16H,6-11H2,1-5H3. The summed E-state index contributed by atoms with van der Waals surface area (Å²) < 4.78 is 11.7. The van der Waals surface area contributed by atoms with Gasteiger partial charge in [0.15, 0.2) is 0 Å². The first-order valence-electron chi connectivity index (χ1n) is 8.22. The second-order valence-electron chi connectivity index (χ2n) is 6.74. The van der Waals surface area contributed by atoms with E-state index in [1.54, 1.807) is 0 Å². The van der Waals surface area contributed by atoms with E-state index in [9.17, 15) is 0 Å². The summed E-state index contributed by atoms with van der Waals surface area (Å²) >= 11 is 0. The van der Waals surface area contributed by atoms with E-state index in [1.807, 2.05) is 0 Å². The molecule has 2 saturated heterocycles. The molecule has 0 aliphatic carbocycles. The van der Waals surface area contributed by atoms with E-state index in [1.165, 1.54) is 0 Å². The topological polar surface area (TPSA) is 24.9 Å². The van der Waals surface area contributed by atoms with Crippen LogP contribution in [0.4, 0.5) is 0 Å². The number of morpholine rings is 2. The molecule has 4 heteroatoms. The second kappa shape index (κ2) is 7.21. The van der Waals surface area contributed by atoms with Gasteiger partial charge in [-0.3, -0.25) is 9.80 Å². The first kappa shape index (κ1) is 16.2. The number of ether oxygens (including phenoxy) is 2. The van der Waals surface area contributed by atoms with Crippen LogP contribution in [0.25, 0.3) is 0 Å². The maximum atomic E-state index is 6.06. The zero-order valence-electron chi connectivity index (χ0n) is 13.8. The minimum atomic E-state index is 0.360. The average molecular weight is 284 g/mol. The molecule has 0 bridgehead atoms. The summed E-state index contributed by atoms with van der Waals surface area (Å²) in [6.45, 7) is 16.3. The molecule has 2 fully saturated rings. The summed E-state index contributed by atoms with van der Waals surface area (Å²) in [7, 11) is 0. The summed E-state index contributed by atoms with van der Waals surface area (Å²) in [5.41, 5.74) is 0. The molecule has 0 aromatic heterocycles. The lowest BCUT2D eigenvalue weighted by molar-refractivity contribution is -0.0941. The normalized spacial score (nSPS) is 35.4. The van der Waals surface area contributed by atoms with Gasteiger partial charge < -0.3 is 9.47 Å². The van der Waals surface area contributed by atoms with Gasteiger partial charge in [0, 0.05) is 37.8 Å². The molecule has 0 amide bonds. The van der Waals surface area contributed by atoms with Crippen LogP contribution in [0.5, 0.6) is 0 Å². The lowest BCUT2D eigenvalue weighted by Crippen LogP contribution is -2.54. The predicted molar refractivity (Wildman–Crippen MR) is 82.1 cm³/mol. The molecule has 2 aliphatic rings. The minimum absolute atomic E-state index is 0.360. The second-order valence-corrected chi connectivity index (χ2v) is 6.74. The Kier molecular flexibility index (Phi) is 5.84. The Balaban J connectivity index is 1.88. The molecule has 0 aromatic rings. The lowest BCUT2D eigenvalue weighted by atomic mass is 9.99. The molecular formula is C16H32N2O2. The van der Waals surface area contributed by atoms with Gasteiger partial charge in [0.25, 0.3) is 0 Å². The highest BCUT2D eigenvalue weighted by atomic mass is 16.5. The van der Waals surface area contributed by atoms with Crippen LogP contribution in [0.15, 0.2) is 0 Å². The van der Waals surface area contributed by atoms with Crippen molar-refractivity contribution in [3.63, 3.8) is 0 Å². The van der Waals surface area contributed by atoms with Crippen LogP contribution in [0, 0.1) is 0 Å². The van der Waals surface area contributed by atoms with Gasteiger partial charge in [-0.05, 0) is 41.0 Å². The van der Waals surface area contributed by atoms with Crippen LogP contribution in [0.3, 0.4) is 0 Å². The van der Waals surface area contributed by atoms with Crippen molar-refractivity contribution in [1.29, 1.82) is 0 Å². The van der Waals surface area contributed by atoms with Gasteiger partial charge in [0.05, 0.1) is 25.4 Å². The Hall–Kier alpha value is -0.160. The maximum absolute atomic E-state index is 6.06. The quantitative estimate of drug-likeness (QED) is 0.788. The molecule has 0 aromatic carbocycles. The molecule has 20 heavy (non-hydrogen) atoms. The highest BCUT2D eigenvalue weighted by Gasteiger charge is 2.33. The van der Waals surface area contributed by atoms with E-state index < -0.39 is 0 Å². The minimum Gasteiger partial charge on any atom is -0.376 e. The molecule has 0 spiro atoms. The van der Waals surface area contributed by atoms with E-state index >= 15 is 0 Å². The molecule has 0 radical (unpaired) electrons. The molecule has 2 aliphatic heterocycles. The third kappa shape index (κ3) is 3.94. The van der Waals surface area contributed by atoms with E-state index in [2.05, 4.69) is 44.4 Å². The summed E-state index contributed by atoms with van der Waals surface area (Å²) in [4.78, 5) is 5.13. The van der Waals surface area contributed by atoms with Crippen LogP contribution < -0.4 is 0 Å². The van der Waals surface area contributed by atoms with Gasteiger partial charge in [-0.1, -0.05) is 0 Å². The van der Waals surface area contributed by atoms with Crippen LogP contribution in [-0.2, 0) is 9.47 Å². The van der Waals surface area contributed by atoms with Crippen molar-refractivity contribution in [1.82, 2.24) is 9.80 Å². The van der Waals surface area contributed by atoms with Crippen molar-refractivity contribution in [3.8, 4) is 0 Å². The number of nitrogens with zero attached hydrogens (tertiary/aromatic N) is 2. The first-order chi connectivity index (χ1) is 9.49. The fourth-order valence-electron chi connectivity index (χ4n) is 3.59. The van der Waals surface area contributed by atoms with E-state index in [0.717, 1.165) is 39.3 Å². The zero-order chi connectivity index (χ0) is 14.7. The Morgan fingerprint density at radius 1 is 1.05 bits per heavy atom. The Morgan fingerprint density at radius 2 is 1.75 bits per heavy atom. The molecule has 118 valence electrons. The van der Waals surface area contributed by atoms with Crippen molar-refractivity contribution in [2.24, 2.45) is 0 Å². The summed E-state index contributed by atoms with van der Waals surface area (Å²) in [6.07, 6.45) is 1.85. The van der Waals surface area contributed by atoms with E-state index in [0.29, 0.717) is 30.3 Å². The fraction of sp³-hybridized carbons (Fsp3) is 1.00. The van der Waals surface area contributed by atoms with Crippen molar-refractivity contribution >= 4 is 0 Å². The van der Waals surface area contributed by atoms with Gasteiger partial charge in [0.1, 0.15) is 0 Å². The maximum Gasteiger partial charge on any atom is 0.0743 e. The fourth-order valence-corrected chi connectivity index (χ4v) is 3.59. The molecule has 2 rings (SSSR count). The van der Waals surface area contributed by atoms with Gasteiger partial charge in [-0.25, -0.2) is 0 Å². The van der Waals surface area contributed by atoms with E-state index in [-0.39, 0.29) is 0 Å². The summed E-state index contributed by atoms with van der Waals surface area (Å²) in [5, 5.41) is 0. The van der Waals surface area contributed by atoms with E-state index in [4.69, 9.17) is 9.47 Å². The Bertz CT molecular complexity index is 298. The third-order valence-electron chi connectivity index (χ3n) is 4.88. The van der Waals surface area contributed by atoms with Gasteiger partial charge in [0.2, 0.25) is 0 Å². The molecule has 4 unspecified atom stereocenters. The molecule has 0 N–H and O–H groups in total. The van der Waals surface area contributed by atoms with Crippen molar-refractivity contribution < 1.29 is 9.47 Å². The van der Waals surface area contributed by atoms with Gasteiger partial charge in [-0.2, -0.15) is 0 Å².